The van der Waals surface area contributed by atoms with Crippen LogP contribution in [0.15, 0.2) is 23.3 Å². The van der Waals surface area contributed by atoms with E-state index in [-0.39, 0.29) is 5.01 Å². The Labute approximate surface area is 137 Å². The number of alkyl halides is 3. The predicted molar refractivity (Wildman–Crippen MR) is 81.7 cm³/mol. The highest BCUT2D eigenvalue weighted by molar-refractivity contribution is 5.81. The van der Waals surface area contributed by atoms with Crippen molar-refractivity contribution in [3.8, 4) is 5.75 Å². The summed E-state index contributed by atoms with van der Waals surface area (Å²) < 4.78 is 44.0. The van der Waals surface area contributed by atoms with Crippen molar-refractivity contribution in [1.82, 2.24) is 5.01 Å². The average molecular weight is 344 g/mol. The summed E-state index contributed by atoms with van der Waals surface area (Å²) in [5.74, 6) is -0.389. The van der Waals surface area contributed by atoms with Gasteiger partial charge in [0.15, 0.2) is 6.61 Å². The maximum Gasteiger partial charge on any atom is 0.438 e. The van der Waals surface area contributed by atoms with E-state index in [1.807, 2.05) is 26.8 Å². The van der Waals surface area contributed by atoms with Crippen LogP contribution >= 0.6 is 0 Å². The predicted octanol–water partition coefficient (Wildman–Crippen LogP) is 2.97. The fourth-order valence-corrected chi connectivity index (χ4v) is 2.53. The number of aliphatic hydroxyl groups is 1. The van der Waals surface area contributed by atoms with Crippen LogP contribution in [-0.4, -0.2) is 40.7 Å². The van der Waals surface area contributed by atoms with Gasteiger partial charge in [0, 0.05) is 12.6 Å². The number of nitrogens with zero attached hydrogens (tertiary/aromatic N) is 2. The van der Waals surface area contributed by atoms with E-state index in [1.54, 1.807) is 12.1 Å². The molecule has 1 heterocycles. The zero-order chi connectivity index (χ0) is 18.1. The van der Waals surface area contributed by atoms with Gasteiger partial charge in [0.2, 0.25) is 0 Å². The molecule has 2 rings (SSSR count). The quantitative estimate of drug-likeness (QED) is 0.913. The third kappa shape index (κ3) is 3.38. The summed E-state index contributed by atoms with van der Waals surface area (Å²) in [6, 6.07) is 5.21. The van der Waals surface area contributed by atoms with Crippen LogP contribution in [0.5, 0.6) is 5.75 Å². The molecule has 132 valence electrons. The maximum absolute atomic E-state index is 12.9. The smallest absolute Gasteiger partial charge is 0.438 e. The Morgan fingerprint density at radius 1 is 1.46 bits per heavy atom. The third-order valence-electron chi connectivity index (χ3n) is 3.84. The van der Waals surface area contributed by atoms with E-state index in [4.69, 9.17) is 4.74 Å². The van der Waals surface area contributed by atoms with Crippen molar-refractivity contribution in [3.63, 3.8) is 0 Å². The van der Waals surface area contributed by atoms with Crippen LogP contribution < -0.4 is 4.74 Å². The van der Waals surface area contributed by atoms with Crippen LogP contribution in [0.3, 0.4) is 0 Å². The summed E-state index contributed by atoms with van der Waals surface area (Å²) in [7, 11) is 0. The molecule has 0 bridgehead atoms. The van der Waals surface area contributed by atoms with Crippen molar-refractivity contribution in [3.05, 3.63) is 29.3 Å². The Kier molecular flexibility index (Phi) is 4.89. The normalized spacial score (nSPS) is 20.8. The van der Waals surface area contributed by atoms with Crippen LogP contribution in [-0.2, 0) is 4.79 Å². The van der Waals surface area contributed by atoms with Gasteiger partial charge in [0.25, 0.3) is 11.6 Å². The monoisotopic (exact) mass is 344 g/mol. The Hall–Kier alpha value is -2.09. The summed E-state index contributed by atoms with van der Waals surface area (Å²) in [5, 5.41) is 13.1. The van der Waals surface area contributed by atoms with Crippen LogP contribution in [0.1, 0.15) is 37.3 Å². The molecule has 5 nitrogen and oxygen atoms in total. The van der Waals surface area contributed by atoms with Gasteiger partial charge in [-0.1, -0.05) is 19.9 Å². The van der Waals surface area contributed by atoms with Crippen molar-refractivity contribution >= 4 is 12.1 Å². The molecule has 1 aromatic rings. The van der Waals surface area contributed by atoms with E-state index in [9.17, 15) is 23.1 Å². The van der Waals surface area contributed by atoms with Crippen LogP contribution in [0.25, 0.3) is 0 Å². The number of ether oxygens (including phenoxy) is 1. The van der Waals surface area contributed by atoms with Gasteiger partial charge in [-0.2, -0.15) is 23.3 Å². The fourth-order valence-electron chi connectivity index (χ4n) is 2.53. The number of hydrazone groups is 1. The van der Waals surface area contributed by atoms with Crippen molar-refractivity contribution in [2.24, 2.45) is 5.10 Å². The number of hydrogen-bond acceptors (Lipinski definition) is 4. The number of rotatable bonds is 4. The minimum absolute atomic E-state index is 0.0301. The standard InChI is InChI=1S/C16H19F3N2O3/c1-10(2)13-5-4-12(8-11(13)3)24-9-14(22)21-15(23,6-7-20-21)16(17,18)19/h4-5,7-8,10,23H,6,9H2,1-3H3. The molecule has 1 amide bonds. The molecule has 1 aromatic carbocycles. The van der Waals surface area contributed by atoms with Gasteiger partial charge < -0.3 is 9.84 Å². The zero-order valence-electron chi connectivity index (χ0n) is 13.6. The van der Waals surface area contributed by atoms with Crippen molar-refractivity contribution in [2.45, 2.75) is 45.0 Å². The number of benzene rings is 1. The van der Waals surface area contributed by atoms with Gasteiger partial charge in [-0.3, -0.25) is 4.79 Å². The van der Waals surface area contributed by atoms with Crippen molar-refractivity contribution < 1.29 is 27.8 Å². The Balaban J connectivity index is 2.06. The lowest BCUT2D eigenvalue weighted by molar-refractivity contribution is -0.302. The molecule has 1 aliphatic heterocycles. The number of aryl methyl sites for hydroxylation is 1. The number of hydrogen-bond donors (Lipinski definition) is 1. The Morgan fingerprint density at radius 2 is 2.12 bits per heavy atom. The van der Waals surface area contributed by atoms with Gasteiger partial charge in [-0.25, -0.2) is 0 Å². The number of carbonyl (C=O) groups is 1. The molecular formula is C16H19F3N2O3. The van der Waals surface area contributed by atoms with Gasteiger partial charge in [0.05, 0.1) is 0 Å². The minimum Gasteiger partial charge on any atom is -0.484 e. The first-order chi connectivity index (χ1) is 11.1. The Bertz CT molecular complexity index is 658. The first kappa shape index (κ1) is 18.3. The van der Waals surface area contributed by atoms with E-state index < -0.39 is 30.8 Å². The first-order valence-corrected chi connectivity index (χ1v) is 7.44. The van der Waals surface area contributed by atoms with E-state index in [1.165, 1.54) is 0 Å². The van der Waals surface area contributed by atoms with Crippen LogP contribution in [0.2, 0.25) is 0 Å². The summed E-state index contributed by atoms with van der Waals surface area (Å²) in [6.07, 6.45) is -4.95. The molecule has 24 heavy (non-hydrogen) atoms. The van der Waals surface area contributed by atoms with Gasteiger partial charge >= 0.3 is 6.18 Å². The molecule has 8 heteroatoms. The van der Waals surface area contributed by atoms with Gasteiger partial charge in [0.1, 0.15) is 5.75 Å². The average Bonchev–Trinajstić information content (AvgIpc) is 2.87. The molecule has 0 aliphatic carbocycles. The molecule has 1 N–H and O–H groups in total. The zero-order valence-corrected chi connectivity index (χ0v) is 13.6. The van der Waals surface area contributed by atoms with Crippen LogP contribution in [0.4, 0.5) is 13.2 Å². The van der Waals surface area contributed by atoms with Crippen molar-refractivity contribution in [1.29, 1.82) is 0 Å². The highest BCUT2D eigenvalue weighted by Gasteiger charge is 2.61. The van der Waals surface area contributed by atoms with Gasteiger partial charge in [-0.15, -0.1) is 0 Å². The second kappa shape index (κ2) is 6.43. The maximum atomic E-state index is 12.9. The molecule has 1 unspecified atom stereocenters. The second-order valence-corrected chi connectivity index (χ2v) is 5.98. The summed E-state index contributed by atoms with van der Waals surface area (Å²) in [6.45, 7) is 5.30. The number of amides is 1. The molecular weight excluding hydrogens is 325 g/mol. The lowest BCUT2D eigenvalue weighted by Crippen LogP contribution is -2.57. The summed E-state index contributed by atoms with van der Waals surface area (Å²) >= 11 is 0. The molecule has 1 atom stereocenters. The topological polar surface area (TPSA) is 62.1 Å². The molecule has 0 spiro atoms. The highest BCUT2D eigenvalue weighted by atomic mass is 19.4. The number of carbonyl (C=O) groups excluding carboxylic acids is 1. The molecule has 0 saturated carbocycles. The van der Waals surface area contributed by atoms with Crippen LogP contribution in [0, 0.1) is 6.92 Å². The molecule has 1 aliphatic rings. The molecule has 0 radical (unpaired) electrons. The molecule has 0 aromatic heterocycles. The lowest BCUT2D eigenvalue weighted by Gasteiger charge is -2.32. The van der Waals surface area contributed by atoms with E-state index in [2.05, 4.69) is 5.10 Å². The highest BCUT2D eigenvalue weighted by Crippen LogP contribution is 2.38. The van der Waals surface area contributed by atoms with Crippen molar-refractivity contribution in [2.75, 3.05) is 6.61 Å². The lowest BCUT2D eigenvalue weighted by atomic mass is 9.98. The SMILES string of the molecule is Cc1cc(OCC(=O)N2N=CCC2(O)C(F)(F)F)ccc1C(C)C. The largest absolute Gasteiger partial charge is 0.484 e. The molecule has 0 saturated heterocycles. The van der Waals surface area contributed by atoms with E-state index in [0.29, 0.717) is 11.7 Å². The third-order valence-corrected chi connectivity index (χ3v) is 3.84. The fraction of sp³-hybridized carbons (Fsp3) is 0.500. The minimum atomic E-state index is -5.01. The van der Waals surface area contributed by atoms with E-state index in [0.717, 1.165) is 17.3 Å². The van der Waals surface area contributed by atoms with E-state index >= 15 is 0 Å². The molecule has 0 fully saturated rings. The second-order valence-electron chi connectivity index (χ2n) is 5.98. The summed E-state index contributed by atoms with van der Waals surface area (Å²) in [5.41, 5.74) is -1.24. The number of halogens is 3. The first-order valence-electron chi connectivity index (χ1n) is 7.44. The summed E-state index contributed by atoms with van der Waals surface area (Å²) in [4.78, 5) is 12.0. The van der Waals surface area contributed by atoms with Gasteiger partial charge in [-0.05, 0) is 36.1 Å². The Morgan fingerprint density at radius 3 is 2.67 bits per heavy atom.